The third-order valence-electron chi connectivity index (χ3n) is 15.1. The van der Waals surface area contributed by atoms with Crippen LogP contribution in [0.3, 0.4) is 0 Å². The lowest BCUT2D eigenvalue weighted by Crippen LogP contribution is -2.65. The minimum absolute atomic E-state index is 0.239. The van der Waals surface area contributed by atoms with Crippen molar-refractivity contribution in [1.29, 1.82) is 0 Å². The number of nitrogens with one attached hydrogen (secondary N) is 1. The number of allylic oxidation sites excluding steroid dienone is 5. The topological polar surface area (TPSA) is 228 Å². The number of aliphatic hydroxyl groups is 8. The molecule has 2 heterocycles. The van der Waals surface area contributed by atoms with E-state index in [4.69, 9.17) is 18.9 Å². The molecular weight excluding hydrogens is 955 g/mol. The Kier molecular flexibility index (Phi) is 43.5. The fourth-order valence-electron chi connectivity index (χ4n) is 10.1. The maximum atomic E-state index is 13.2. The second-order valence-corrected chi connectivity index (χ2v) is 21.8. The molecule has 0 aromatic rings. The molecule has 14 nitrogen and oxygen atoms in total. The molecule has 440 valence electrons. The van der Waals surface area contributed by atoms with Gasteiger partial charge in [-0.2, -0.15) is 0 Å². The molecule has 1 amide bonds. The van der Waals surface area contributed by atoms with Gasteiger partial charge in [-0.05, 0) is 51.4 Å². The molecule has 0 aromatic carbocycles. The summed E-state index contributed by atoms with van der Waals surface area (Å²) in [6, 6.07) is -0.911. The minimum atomic E-state index is -1.79. The molecule has 0 saturated carbocycles. The van der Waals surface area contributed by atoms with Crippen LogP contribution < -0.4 is 5.32 Å². The average molecular weight is 1070 g/mol. The molecule has 0 bridgehead atoms. The number of amides is 1. The maximum Gasteiger partial charge on any atom is 0.220 e. The molecule has 2 aliphatic rings. The summed E-state index contributed by atoms with van der Waals surface area (Å²) in [5.41, 5.74) is 0. The first-order valence-corrected chi connectivity index (χ1v) is 30.7. The number of aliphatic hydroxyl groups excluding tert-OH is 8. The molecule has 0 radical (unpaired) electrons. The molecule has 2 aliphatic heterocycles. The Balaban J connectivity index is 1.62. The second-order valence-electron chi connectivity index (χ2n) is 21.8. The van der Waals surface area contributed by atoms with Crippen LogP contribution in [0.1, 0.15) is 251 Å². The van der Waals surface area contributed by atoms with Crippen LogP contribution in [0.2, 0.25) is 0 Å². The van der Waals surface area contributed by atoms with Gasteiger partial charge in [0.1, 0.15) is 48.8 Å². The van der Waals surface area contributed by atoms with Gasteiger partial charge in [-0.3, -0.25) is 4.79 Å². The number of unbranched alkanes of at least 4 members (excludes halogenated alkanes) is 32. The Morgan fingerprint density at radius 2 is 0.880 bits per heavy atom. The van der Waals surface area contributed by atoms with Crippen molar-refractivity contribution in [3.05, 3.63) is 36.5 Å². The predicted molar refractivity (Wildman–Crippen MR) is 300 cm³/mol. The number of ether oxygens (including phenoxy) is 4. The van der Waals surface area contributed by atoms with Crippen molar-refractivity contribution in [3.8, 4) is 0 Å². The highest BCUT2D eigenvalue weighted by Gasteiger charge is 2.51. The van der Waals surface area contributed by atoms with Gasteiger partial charge in [0.15, 0.2) is 12.6 Å². The first-order valence-electron chi connectivity index (χ1n) is 30.7. The maximum absolute atomic E-state index is 13.2. The van der Waals surface area contributed by atoms with E-state index in [2.05, 4.69) is 43.5 Å². The normalized spacial score (nSPS) is 25.3. The molecule has 12 atom stereocenters. The van der Waals surface area contributed by atoms with Gasteiger partial charge in [0.05, 0.1) is 32.0 Å². The van der Waals surface area contributed by atoms with Crippen LogP contribution in [-0.4, -0.2) is 140 Å². The van der Waals surface area contributed by atoms with Crippen LogP contribution in [-0.2, 0) is 23.7 Å². The fourth-order valence-corrected chi connectivity index (χ4v) is 10.1. The van der Waals surface area contributed by atoms with Crippen LogP contribution in [0.5, 0.6) is 0 Å². The average Bonchev–Trinajstić information content (AvgIpc) is 3.41. The third-order valence-corrected chi connectivity index (χ3v) is 15.1. The minimum Gasteiger partial charge on any atom is -0.394 e. The number of hydrogen-bond donors (Lipinski definition) is 9. The Bertz CT molecular complexity index is 1400. The van der Waals surface area contributed by atoms with Gasteiger partial charge in [-0.25, -0.2) is 0 Å². The zero-order chi connectivity index (χ0) is 54.6. The first kappa shape index (κ1) is 69.3. The van der Waals surface area contributed by atoms with E-state index in [1.165, 1.54) is 180 Å². The predicted octanol–water partition coefficient (Wildman–Crippen LogP) is 10.6. The molecule has 14 heteroatoms. The molecule has 0 aromatic heterocycles. The Morgan fingerprint density at radius 1 is 0.480 bits per heavy atom. The van der Waals surface area contributed by atoms with Crippen molar-refractivity contribution >= 4 is 5.91 Å². The van der Waals surface area contributed by atoms with E-state index in [1.54, 1.807) is 6.08 Å². The lowest BCUT2D eigenvalue weighted by molar-refractivity contribution is -0.359. The molecule has 2 rings (SSSR count). The van der Waals surface area contributed by atoms with Gasteiger partial charge in [-0.15, -0.1) is 0 Å². The molecule has 2 fully saturated rings. The van der Waals surface area contributed by atoms with Crippen molar-refractivity contribution < 1.29 is 64.6 Å². The van der Waals surface area contributed by atoms with Crippen molar-refractivity contribution in [1.82, 2.24) is 5.32 Å². The van der Waals surface area contributed by atoms with E-state index in [-0.39, 0.29) is 18.9 Å². The van der Waals surface area contributed by atoms with Gasteiger partial charge in [0.25, 0.3) is 0 Å². The van der Waals surface area contributed by atoms with E-state index in [0.717, 1.165) is 44.9 Å². The third kappa shape index (κ3) is 32.8. The van der Waals surface area contributed by atoms with Gasteiger partial charge in [-0.1, -0.05) is 230 Å². The highest BCUT2D eigenvalue weighted by Crippen LogP contribution is 2.30. The number of carbonyl (C=O) groups is 1. The summed E-state index contributed by atoms with van der Waals surface area (Å²) in [4.78, 5) is 13.2. The molecule has 9 N–H and O–H groups in total. The van der Waals surface area contributed by atoms with Crippen LogP contribution in [0.4, 0.5) is 0 Å². The quantitative estimate of drug-likeness (QED) is 0.0204. The molecule has 12 unspecified atom stereocenters. The molecular formula is C61H113NO13. The van der Waals surface area contributed by atoms with E-state index in [9.17, 15) is 45.6 Å². The highest BCUT2D eigenvalue weighted by atomic mass is 16.7. The van der Waals surface area contributed by atoms with Crippen LogP contribution in [0, 0.1) is 0 Å². The number of rotatable bonds is 49. The SMILES string of the molecule is CCCCCCC/C=C\C/C=C\CCCCCCCCCCCCCCCCCCCCCC(=O)NC(COC1OC(CO)C(OC2OC(CO)C(O)C(O)C2O)C(O)C1O)C(O)/C=C/CCCCCCCCCC. The highest BCUT2D eigenvalue weighted by molar-refractivity contribution is 5.76. The number of carbonyl (C=O) groups excluding carboxylic acids is 1. The summed E-state index contributed by atoms with van der Waals surface area (Å²) < 4.78 is 22.7. The Labute approximate surface area is 455 Å². The summed E-state index contributed by atoms with van der Waals surface area (Å²) in [6.07, 6.45) is 40.7. The molecule has 2 saturated heterocycles. The lowest BCUT2D eigenvalue weighted by Gasteiger charge is -2.46. The van der Waals surface area contributed by atoms with Gasteiger partial charge in [0, 0.05) is 6.42 Å². The summed E-state index contributed by atoms with van der Waals surface area (Å²) in [5, 5.41) is 86.9. The van der Waals surface area contributed by atoms with Crippen molar-refractivity contribution in [2.45, 2.75) is 325 Å². The van der Waals surface area contributed by atoms with Crippen molar-refractivity contribution in [2.75, 3.05) is 19.8 Å². The van der Waals surface area contributed by atoms with Gasteiger partial charge < -0.3 is 65.1 Å². The second kappa shape index (κ2) is 47.1. The van der Waals surface area contributed by atoms with Gasteiger partial charge >= 0.3 is 0 Å². The first-order chi connectivity index (χ1) is 36.6. The largest absolute Gasteiger partial charge is 0.394 e. The standard InChI is InChI=1S/C61H113NO13/c1-3-5-7-9-11-13-15-16-17-18-19-20-21-22-23-24-25-26-27-28-29-30-31-32-33-34-35-37-39-41-43-45-53(66)62-49(50(65)44-42-40-38-36-14-12-10-8-6-4-2)48-72-60-58(71)56(69)59(52(47-64)74-60)75-61-57(70)55(68)54(67)51(46-63)73-61/h15-16,18-19,42,44,49-52,54-61,63-65,67-71H,3-14,17,20-41,43,45-48H2,1-2H3,(H,62,66)/b16-15-,19-18-,44-42+. The van der Waals surface area contributed by atoms with E-state index in [0.29, 0.717) is 6.42 Å². The monoisotopic (exact) mass is 1070 g/mol. The molecule has 0 aliphatic carbocycles. The van der Waals surface area contributed by atoms with Gasteiger partial charge in [0.2, 0.25) is 5.91 Å². The summed E-state index contributed by atoms with van der Waals surface area (Å²) in [5.74, 6) is -0.239. The Morgan fingerprint density at radius 3 is 1.33 bits per heavy atom. The fraction of sp³-hybridized carbons (Fsp3) is 0.885. The van der Waals surface area contributed by atoms with E-state index in [1.807, 2.05) is 6.08 Å². The molecule has 0 spiro atoms. The zero-order valence-electron chi connectivity index (χ0n) is 47.3. The summed E-state index contributed by atoms with van der Waals surface area (Å²) in [6.45, 7) is 2.77. The van der Waals surface area contributed by atoms with Crippen LogP contribution in [0.15, 0.2) is 36.5 Å². The van der Waals surface area contributed by atoms with Crippen molar-refractivity contribution in [3.63, 3.8) is 0 Å². The van der Waals surface area contributed by atoms with Crippen LogP contribution in [0.25, 0.3) is 0 Å². The zero-order valence-corrected chi connectivity index (χ0v) is 47.3. The smallest absolute Gasteiger partial charge is 0.220 e. The van der Waals surface area contributed by atoms with Crippen molar-refractivity contribution in [2.24, 2.45) is 0 Å². The van der Waals surface area contributed by atoms with E-state index >= 15 is 0 Å². The lowest BCUT2D eigenvalue weighted by atomic mass is 9.97. The summed E-state index contributed by atoms with van der Waals surface area (Å²) >= 11 is 0. The van der Waals surface area contributed by atoms with Crippen LogP contribution >= 0.6 is 0 Å². The summed E-state index contributed by atoms with van der Waals surface area (Å²) in [7, 11) is 0. The molecule has 75 heavy (non-hydrogen) atoms. The number of hydrogen-bond acceptors (Lipinski definition) is 13. The Hall–Kier alpha value is -1.79. The van der Waals surface area contributed by atoms with E-state index < -0.39 is 86.8 Å².